The molecule has 164 valence electrons. The number of hydrogen-bond acceptors (Lipinski definition) is 6. The lowest BCUT2D eigenvalue weighted by Gasteiger charge is -2.19. The highest BCUT2D eigenvalue weighted by molar-refractivity contribution is 7.89. The summed E-state index contributed by atoms with van der Waals surface area (Å²) in [6.45, 7) is 2.05. The molecule has 1 amide bonds. The van der Waals surface area contributed by atoms with Crippen LogP contribution in [0.1, 0.15) is 18.1 Å². The highest BCUT2D eigenvalue weighted by Gasteiger charge is 2.28. The van der Waals surface area contributed by atoms with E-state index in [1.165, 1.54) is 6.07 Å². The van der Waals surface area contributed by atoms with Crippen LogP contribution in [0.2, 0.25) is 0 Å². The van der Waals surface area contributed by atoms with E-state index in [2.05, 4.69) is 25.7 Å². The number of benzene rings is 3. The second-order valence-corrected chi connectivity index (χ2v) is 9.50. The lowest BCUT2D eigenvalue weighted by molar-refractivity contribution is -0.117. The van der Waals surface area contributed by atoms with Crippen molar-refractivity contribution in [3.05, 3.63) is 83.9 Å². The zero-order chi connectivity index (χ0) is 22.6. The van der Waals surface area contributed by atoms with Gasteiger partial charge >= 0.3 is 0 Å². The maximum absolute atomic E-state index is 13.2. The number of carbonyl (C=O) groups is 1. The van der Waals surface area contributed by atoms with Crippen molar-refractivity contribution in [3.8, 4) is 0 Å². The minimum atomic E-state index is -4.03. The highest BCUT2D eigenvalue weighted by atomic mass is 32.2. The molecule has 0 bridgehead atoms. The van der Waals surface area contributed by atoms with Gasteiger partial charge in [-0.05, 0) is 48.2 Å². The fourth-order valence-corrected chi connectivity index (χ4v) is 5.30. The van der Waals surface area contributed by atoms with E-state index >= 15 is 0 Å². The molecular formula is C23H22N4O3S2. The number of aromatic nitrogens is 2. The maximum Gasteiger partial charge on any atom is 0.243 e. The van der Waals surface area contributed by atoms with Gasteiger partial charge in [0, 0.05) is 5.69 Å². The van der Waals surface area contributed by atoms with Crippen molar-refractivity contribution in [2.24, 2.45) is 0 Å². The Balaban J connectivity index is 1.62. The third-order valence-corrected chi connectivity index (χ3v) is 7.11. The number of aryl methyl sites for hydroxylation is 1. The van der Waals surface area contributed by atoms with Gasteiger partial charge in [0.25, 0.3) is 0 Å². The smallest absolute Gasteiger partial charge is 0.243 e. The summed E-state index contributed by atoms with van der Waals surface area (Å²) in [5, 5.41) is 2.83. The molecule has 0 spiro atoms. The van der Waals surface area contributed by atoms with Crippen LogP contribution in [-0.4, -0.2) is 29.1 Å². The van der Waals surface area contributed by atoms with Gasteiger partial charge < -0.3 is 5.32 Å². The Kier molecular flexibility index (Phi) is 6.59. The Morgan fingerprint density at radius 1 is 0.938 bits per heavy atom. The number of carbonyl (C=O) groups excluding carboxylic acids is 1. The zero-order valence-electron chi connectivity index (χ0n) is 17.4. The number of anilines is 1. The summed E-state index contributed by atoms with van der Waals surface area (Å²) >= 11 is 0.944. The van der Waals surface area contributed by atoms with E-state index < -0.39 is 22.0 Å². The van der Waals surface area contributed by atoms with E-state index in [9.17, 15) is 13.2 Å². The van der Waals surface area contributed by atoms with Gasteiger partial charge in [0.1, 0.15) is 22.0 Å². The molecule has 2 N–H and O–H groups in total. The molecule has 4 rings (SSSR count). The summed E-state index contributed by atoms with van der Waals surface area (Å²) in [6, 6.07) is 20.5. The van der Waals surface area contributed by atoms with E-state index in [1.807, 2.05) is 54.6 Å². The number of sulfonamides is 1. The van der Waals surface area contributed by atoms with E-state index in [0.717, 1.165) is 29.3 Å². The first-order chi connectivity index (χ1) is 15.5. The summed E-state index contributed by atoms with van der Waals surface area (Å²) in [6.07, 6.45) is 1.09. The van der Waals surface area contributed by atoms with E-state index in [1.54, 1.807) is 12.1 Å². The average molecular weight is 467 g/mol. The third kappa shape index (κ3) is 5.01. The van der Waals surface area contributed by atoms with Crippen LogP contribution in [0.4, 0.5) is 5.69 Å². The van der Waals surface area contributed by atoms with Crippen LogP contribution < -0.4 is 10.0 Å². The minimum absolute atomic E-state index is 0.00177. The summed E-state index contributed by atoms with van der Waals surface area (Å²) in [7, 11) is -4.03. The first-order valence-electron chi connectivity index (χ1n) is 10.1. The van der Waals surface area contributed by atoms with Gasteiger partial charge in [0.05, 0.1) is 11.7 Å². The molecule has 0 aliphatic rings. The predicted octanol–water partition coefficient (Wildman–Crippen LogP) is 3.78. The van der Waals surface area contributed by atoms with Crippen LogP contribution in [0.5, 0.6) is 0 Å². The summed E-state index contributed by atoms with van der Waals surface area (Å²) in [5.41, 5.74) is 3.38. The van der Waals surface area contributed by atoms with Gasteiger partial charge in [-0.2, -0.15) is 13.5 Å². The molecule has 1 atom stereocenters. The molecule has 1 aromatic heterocycles. The third-order valence-electron chi connectivity index (χ3n) is 5.06. The number of nitrogens with zero attached hydrogens (tertiary/aromatic N) is 2. The van der Waals surface area contributed by atoms with Gasteiger partial charge in [-0.1, -0.05) is 55.5 Å². The Hall–Kier alpha value is -3.14. The van der Waals surface area contributed by atoms with Crippen LogP contribution in [-0.2, 0) is 27.7 Å². The Labute approximate surface area is 190 Å². The summed E-state index contributed by atoms with van der Waals surface area (Å²) < 4.78 is 37.3. The molecule has 3 aromatic carbocycles. The number of rotatable bonds is 8. The monoisotopic (exact) mass is 466 g/mol. The van der Waals surface area contributed by atoms with Crippen LogP contribution in [0.3, 0.4) is 0 Å². The van der Waals surface area contributed by atoms with Gasteiger partial charge in [0.2, 0.25) is 15.9 Å². The van der Waals surface area contributed by atoms with Crippen molar-refractivity contribution < 1.29 is 13.2 Å². The molecule has 0 fully saturated rings. The molecule has 0 saturated heterocycles. The Bertz CT molecular complexity index is 1320. The van der Waals surface area contributed by atoms with Gasteiger partial charge in [-0.25, -0.2) is 8.42 Å². The molecule has 0 aliphatic heterocycles. The van der Waals surface area contributed by atoms with Crippen molar-refractivity contribution in [1.82, 2.24) is 13.5 Å². The van der Waals surface area contributed by atoms with Crippen molar-refractivity contribution >= 4 is 44.4 Å². The average Bonchev–Trinajstić information content (AvgIpc) is 3.28. The van der Waals surface area contributed by atoms with Crippen molar-refractivity contribution in [1.29, 1.82) is 0 Å². The molecule has 1 heterocycles. The molecule has 32 heavy (non-hydrogen) atoms. The summed E-state index contributed by atoms with van der Waals surface area (Å²) in [5.74, 6) is -0.440. The number of hydrogen-bond donors (Lipinski definition) is 2. The maximum atomic E-state index is 13.2. The standard InChI is InChI=1S/C23H22N4O3S2/c1-2-16-11-13-18(14-12-16)24-23(28)20(15-17-7-4-3-5-8-17)27-32(29,30)21-10-6-9-19-22(21)26-31-25-19/h3-14,20,27H,2,15H2,1H3,(H,24,28)/t20-/m0/s1. The SMILES string of the molecule is CCc1ccc(NC(=O)[C@H](Cc2ccccc2)NS(=O)(=O)c2cccc3nsnc23)cc1. The normalized spacial score (nSPS) is 12.5. The van der Waals surface area contributed by atoms with Gasteiger partial charge in [-0.3, -0.25) is 4.79 Å². The van der Waals surface area contributed by atoms with Crippen LogP contribution in [0, 0.1) is 0 Å². The number of amides is 1. The topological polar surface area (TPSA) is 101 Å². The Morgan fingerprint density at radius 3 is 2.41 bits per heavy atom. The first-order valence-corrected chi connectivity index (χ1v) is 12.3. The fourth-order valence-electron chi connectivity index (χ4n) is 3.34. The molecule has 0 aliphatic carbocycles. The molecule has 0 saturated carbocycles. The fraction of sp³-hybridized carbons (Fsp3) is 0.174. The summed E-state index contributed by atoms with van der Waals surface area (Å²) in [4.78, 5) is 13.1. The molecule has 4 aromatic rings. The minimum Gasteiger partial charge on any atom is -0.325 e. The lowest BCUT2D eigenvalue weighted by atomic mass is 10.1. The quantitative estimate of drug-likeness (QED) is 0.412. The van der Waals surface area contributed by atoms with Crippen LogP contribution >= 0.6 is 11.7 Å². The molecule has 0 unspecified atom stereocenters. The Morgan fingerprint density at radius 2 is 1.69 bits per heavy atom. The molecule has 9 heteroatoms. The van der Waals surface area contributed by atoms with Crippen molar-refractivity contribution in [2.45, 2.75) is 30.7 Å². The number of fused-ring (bicyclic) bond motifs is 1. The van der Waals surface area contributed by atoms with E-state index in [0.29, 0.717) is 16.7 Å². The van der Waals surface area contributed by atoms with Gasteiger partial charge in [-0.15, -0.1) is 0 Å². The molecule has 7 nitrogen and oxygen atoms in total. The zero-order valence-corrected chi connectivity index (χ0v) is 19.0. The largest absolute Gasteiger partial charge is 0.325 e. The predicted molar refractivity (Wildman–Crippen MR) is 126 cm³/mol. The second kappa shape index (κ2) is 9.56. The van der Waals surface area contributed by atoms with Gasteiger partial charge in [0.15, 0.2) is 0 Å². The highest BCUT2D eigenvalue weighted by Crippen LogP contribution is 2.22. The molecule has 0 radical (unpaired) electrons. The van der Waals surface area contributed by atoms with Crippen LogP contribution in [0.25, 0.3) is 11.0 Å². The lowest BCUT2D eigenvalue weighted by Crippen LogP contribution is -2.45. The van der Waals surface area contributed by atoms with E-state index in [-0.39, 0.29) is 11.3 Å². The van der Waals surface area contributed by atoms with Crippen LogP contribution in [0.15, 0.2) is 77.7 Å². The first kappa shape index (κ1) is 22.1. The van der Waals surface area contributed by atoms with E-state index in [4.69, 9.17) is 0 Å². The van der Waals surface area contributed by atoms with Crippen molar-refractivity contribution in [3.63, 3.8) is 0 Å². The number of nitrogens with one attached hydrogen (secondary N) is 2. The molecular weight excluding hydrogens is 444 g/mol. The van der Waals surface area contributed by atoms with Crippen molar-refractivity contribution in [2.75, 3.05) is 5.32 Å². The second-order valence-electron chi connectivity index (χ2n) is 7.29.